The third-order valence-corrected chi connectivity index (χ3v) is 6.84. The highest BCUT2D eigenvalue weighted by atomic mass is 16.5. The molecule has 4 heterocycles. The topological polar surface area (TPSA) is 94.4 Å². The zero-order valence-corrected chi connectivity index (χ0v) is 17.6. The van der Waals surface area contributed by atoms with Crippen molar-refractivity contribution < 1.29 is 9.53 Å². The van der Waals surface area contributed by atoms with Crippen LogP contribution in [-0.2, 0) is 10.3 Å². The smallest absolute Gasteiger partial charge is 0.270 e. The van der Waals surface area contributed by atoms with E-state index in [4.69, 9.17) is 4.74 Å². The van der Waals surface area contributed by atoms with Gasteiger partial charge in [0.25, 0.3) is 5.91 Å². The average Bonchev–Trinajstić information content (AvgIpc) is 3.36. The molecule has 3 aliphatic rings. The molecule has 160 valence electrons. The Labute approximate surface area is 181 Å². The summed E-state index contributed by atoms with van der Waals surface area (Å²) in [6.45, 7) is 3.99. The van der Waals surface area contributed by atoms with E-state index >= 15 is 0 Å². The maximum absolute atomic E-state index is 12.9. The lowest BCUT2D eigenvalue weighted by Gasteiger charge is -2.41. The van der Waals surface area contributed by atoms with Gasteiger partial charge in [-0.3, -0.25) is 4.79 Å². The van der Waals surface area contributed by atoms with Crippen molar-refractivity contribution in [2.45, 2.75) is 49.9 Å². The number of carbonyl (C=O) groups is 1. The number of amides is 1. The number of hydrogen-bond donors (Lipinski definition) is 1. The van der Waals surface area contributed by atoms with E-state index < -0.39 is 5.60 Å². The van der Waals surface area contributed by atoms with Crippen molar-refractivity contribution in [1.82, 2.24) is 20.2 Å². The zero-order valence-electron chi connectivity index (χ0n) is 17.6. The van der Waals surface area contributed by atoms with Crippen LogP contribution in [-0.4, -0.2) is 58.6 Å². The fraction of sp³-hybridized carbons (Fsp3) is 0.478. The Morgan fingerprint density at radius 1 is 1.29 bits per heavy atom. The van der Waals surface area contributed by atoms with Crippen LogP contribution in [0.3, 0.4) is 0 Å². The third-order valence-electron chi connectivity index (χ3n) is 6.84. The van der Waals surface area contributed by atoms with E-state index in [2.05, 4.69) is 45.4 Å². The maximum Gasteiger partial charge on any atom is 0.270 e. The number of anilines is 1. The van der Waals surface area contributed by atoms with Crippen molar-refractivity contribution in [2.24, 2.45) is 0 Å². The second-order valence-corrected chi connectivity index (χ2v) is 8.75. The molecule has 2 aromatic rings. The number of carbonyl (C=O) groups excluding carboxylic acids is 1. The Bertz CT molecular complexity index is 1010. The lowest BCUT2D eigenvalue weighted by Crippen LogP contribution is -2.48. The standard InChI is InChI=1S/C23H26N6O2/c1-23(16-5-3-2-4-6-16)13-28(9-10-31-23)21-12-19(25-15-26-21)22(30)27-18-11-17-7-8-20(18)29(17)14-24/h2-6,12,15,17-18,20H,7-11,13H2,1H3,(H,27,30)/t17-,18+,20+,23?/m0/s1. The van der Waals surface area contributed by atoms with Gasteiger partial charge in [-0.1, -0.05) is 30.3 Å². The van der Waals surface area contributed by atoms with Gasteiger partial charge in [0.15, 0.2) is 6.19 Å². The van der Waals surface area contributed by atoms with Crippen LogP contribution in [0.5, 0.6) is 0 Å². The zero-order chi connectivity index (χ0) is 21.4. The van der Waals surface area contributed by atoms with Crippen molar-refractivity contribution in [1.29, 1.82) is 5.26 Å². The van der Waals surface area contributed by atoms with Crippen LogP contribution in [0.4, 0.5) is 5.82 Å². The van der Waals surface area contributed by atoms with Gasteiger partial charge >= 0.3 is 0 Å². The molecule has 8 nitrogen and oxygen atoms in total. The molecular weight excluding hydrogens is 392 g/mol. The summed E-state index contributed by atoms with van der Waals surface area (Å²) in [5.74, 6) is 0.510. The first-order chi connectivity index (χ1) is 15.1. The maximum atomic E-state index is 12.9. The fourth-order valence-electron chi connectivity index (χ4n) is 5.22. The normalized spacial score (nSPS) is 29.6. The highest BCUT2D eigenvalue weighted by Crippen LogP contribution is 2.37. The number of aromatic nitrogens is 2. The van der Waals surface area contributed by atoms with E-state index in [0.717, 1.165) is 30.6 Å². The van der Waals surface area contributed by atoms with Gasteiger partial charge in [0.05, 0.1) is 25.2 Å². The molecule has 31 heavy (non-hydrogen) atoms. The number of fused-ring (bicyclic) bond motifs is 2. The Hall–Kier alpha value is -3.18. The van der Waals surface area contributed by atoms with Crippen molar-refractivity contribution in [3.63, 3.8) is 0 Å². The van der Waals surface area contributed by atoms with Gasteiger partial charge in [0.2, 0.25) is 0 Å². The summed E-state index contributed by atoms with van der Waals surface area (Å²) >= 11 is 0. The van der Waals surface area contributed by atoms with Crippen LogP contribution in [0.2, 0.25) is 0 Å². The van der Waals surface area contributed by atoms with Crippen molar-refractivity contribution in [3.05, 3.63) is 54.0 Å². The summed E-state index contributed by atoms with van der Waals surface area (Å²) in [6.07, 6.45) is 6.52. The summed E-state index contributed by atoms with van der Waals surface area (Å²) in [6, 6.07) is 12.3. The molecule has 0 saturated carbocycles. The van der Waals surface area contributed by atoms with E-state index in [1.165, 1.54) is 6.33 Å². The number of rotatable bonds is 4. The summed E-state index contributed by atoms with van der Waals surface area (Å²) < 4.78 is 6.12. The molecule has 5 rings (SSSR count). The van der Waals surface area contributed by atoms with E-state index in [9.17, 15) is 10.1 Å². The molecule has 3 aliphatic heterocycles. The van der Waals surface area contributed by atoms with Crippen molar-refractivity contribution in [2.75, 3.05) is 24.6 Å². The SMILES string of the molecule is CC1(c2ccccc2)CN(c2cc(C(=O)N[C@@H]3C[C@@H]4CC[C@H]3N4C#N)ncn2)CCO1. The lowest BCUT2D eigenvalue weighted by molar-refractivity contribution is -0.0468. The van der Waals surface area contributed by atoms with Gasteiger partial charge in [-0.25, -0.2) is 9.97 Å². The first-order valence-electron chi connectivity index (χ1n) is 10.8. The summed E-state index contributed by atoms with van der Waals surface area (Å²) in [4.78, 5) is 25.5. The number of nitrogens with zero attached hydrogens (tertiary/aromatic N) is 5. The van der Waals surface area contributed by atoms with Crippen LogP contribution >= 0.6 is 0 Å². The molecule has 8 heteroatoms. The van der Waals surface area contributed by atoms with Crippen molar-refractivity contribution >= 4 is 11.7 Å². The Balaban J connectivity index is 1.30. The highest BCUT2D eigenvalue weighted by Gasteiger charge is 2.46. The number of nitrogens with one attached hydrogen (secondary N) is 1. The molecule has 2 bridgehead atoms. The van der Waals surface area contributed by atoms with Gasteiger partial charge in [-0.05, 0) is 31.7 Å². The van der Waals surface area contributed by atoms with Gasteiger partial charge in [-0.15, -0.1) is 0 Å². The van der Waals surface area contributed by atoms with Gasteiger partial charge in [-0.2, -0.15) is 5.26 Å². The van der Waals surface area contributed by atoms with Crippen LogP contribution in [0.1, 0.15) is 42.2 Å². The van der Waals surface area contributed by atoms with Crippen LogP contribution in [0.15, 0.2) is 42.7 Å². The Morgan fingerprint density at radius 2 is 2.13 bits per heavy atom. The van der Waals surface area contributed by atoms with Crippen LogP contribution in [0.25, 0.3) is 0 Å². The minimum atomic E-state index is -0.448. The van der Waals surface area contributed by atoms with Gasteiger partial charge < -0.3 is 19.9 Å². The molecule has 0 aliphatic carbocycles. The molecule has 4 atom stereocenters. The molecule has 1 N–H and O–H groups in total. The van der Waals surface area contributed by atoms with Crippen molar-refractivity contribution in [3.8, 4) is 6.19 Å². The average molecular weight is 419 g/mol. The minimum Gasteiger partial charge on any atom is -0.367 e. The van der Waals surface area contributed by atoms with E-state index in [1.54, 1.807) is 6.07 Å². The minimum absolute atomic E-state index is 0.00549. The number of nitriles is 1. The number of hydrogen-bond acceptors (Lipinski definition) is 7. The van der Waals surface area contributed by atoms with E-state index in [0.29, 0.717) is 25.4 Å². The molecule has 1 aromatic heterocycles. The summed E-state index contributed by atoms with van der Waals surface area (Å²) in [5.41, 5.74) is 1.02. The highest BCUT2D eigenvalue weighted by molar-refractivity contribution is 5.93. The molecule has 0 spiro atoms. The quantitative estimate of drug-likeness (QED) is 0.760. The Morgan fingerprint density at radius 3 is 2.90 bits per heavy atom. The number of benzene rings is 1. The second kappa shape index (κ2) is 7.82. The molecule has 3 fully saturated rings. The fourth-order valence-corrected chi connectivity index (χ4v) is 5.22. The van der Waals surface area contributed by atoms with Crippen LogP contribution < -0.4 is 10.2 Å². The first-order valence-corrected chi connectivity index (χ1v) is 10.8. The largest absolute Gasteiger partial charge is 0.367 e. The van der Waals surface area contributed by atoms with Crippen LogP contribution in [0, 0.1) is 11.5 Å². The predicted octanol–water partition coefficient (Wildman–Crippen LogP) is 2.04. The van der Waals surface area contributed by atoms with E-state index in [-0.39, 0.29) is 24.0 Å². The van der Waals surface area contributed by atoms with Gasteiger partial charge in [0.1, 0.15) is 23.4 Å². The Kier molecular flexibility index (Phi) is 4.98. The molecular formula is C23H26N6O2. The summed E-state index contributed by atoms with van der Waals surface area (Å²) in [7, 11) is 0. The first kappa shape index (κ1) is 19.8. The van der Waals surface area contributed by atoms with Gasteiger partial charge in [0, 0.05) is 18.7 Å². The second-order valence-electron chi connectivity index (χ2n) is 8.75. The van der Waals surface area contributed by atoms with E-state index in [1.807, 2.05) is 23.1 Å². The number of ether oxygens (including phenoxy) is 1. The molecule has 1 unspecified atom stereocenters. The molecule has 3 saturated heterocycles. The number of morpholine rings is 1. The molecule has 1 amide bonds. The lowest BCUT2D eigenvalue weighted by atomic mass is 9.94. The summed E-state index contributed by atoms with van der Waals surface area (Å²) in [5, 5.41) is 12.4. The molecule has 0 radical (unpaired) electrons. The monoisotopic (exact) mass is 418 g/mol. The predicted molar refractivity (Wildman–Crippen MR) is 114 cm³/mol. The third kappa shape index (κ3) is 3.59. The molecule has 1 aromatic carbocycles.